The van der Waals surface area contributed by atoms with Crippen molar-refractivity contribution in [3.63, 3.8) is 0 Å². The van der Waals surface area contributed by atoms with Gasteiger partial charge in [-0.1, -0.05) is 6.07 Å². The summed E-state index contributed by atoms with van der Waals surface area (Å²) < 4.78 is 10.9. The van der Waals surface area contributed by atoms with E-state index in [1.165, 1.54) is 5.56 Å². The molecular weight excluding hydrogens is 382 g/mol. The van der Waals surface area contributed by atoms with Gasteiger partial charge < -0.3 is 29.9 Å². The molecule has 5 rings (SSSR count). The van der Waals surface area contributed by atoms with Crippen LogP contribution in [0.3, 0.4) is 0 Å². The van der Waals surface area contributed by atoms with Gasteiger partial charge in [-0.3, -0.25) is 4.90 Å². The van der Waals surface area contributed by atoms with E-state index in [1.807, 2.05) is 6.07 Å². The largest absolute Gasteiger partial charge is 0.454 e. The number of ether oxygens (including phenoxy) is 2. The van der Waals surface area contributed by atoms with E-state index in [9.17, 15) is 0 Å². The predicted octanol–water partition coefficient (Wildman–Crippen LogP) is 0.862. The number of fused-ring (bicyclic) bond motifs is 1. The van der Waals surface area contributed by atoms with Gasteiger partial charge in [0.25, 0.3) is 0 Å². The molecule has 0 unspecified atom stereocenters. The fourth-order valence-corrected chi connectivity index (χ4v) is 4.31. The molecule has 0 atom stereocenters. The van der Waals surface area contributed by atoms with Crippen molar-refractivity contribution in [1.29, 1.82) is 0 Å². The molecule has 9 nitrogen and oxygen atoms in total. The first-order valence-electron chi connectivity index (χ1n) is 10.6. The fourth-order valence-electron chi connectivity index (χ4n) is 4.31. The second kappa shape index (κ2) is 8.16. The minimum absolute atomic E-state index is 0.313. The molecule has 160 valence electrons. The fraction of sp³-hybridized carbons (Fsp3) is 0.524. The minimum atomic E-state index is 0.313. The average molecular weight is 412 g/mol. The summed E-state index contributed by atoms with van der Waals surface area (Å²) in [4.78, 5) is 18.4. The maximum Gasteiger partial charge on any atom is 0.231 e. The summed E-state index contributed by atoms with van der Waals surface area (Å²) in [5.41, 5.74) is 8.47. The Morgan fingerprint density at radius 2 is 1.50 bits per heavy atom. The SMILES string of the molecule is CN1CCN(c2ncnc(N3CCN(Cc4ccc5c(c4)OCO5)CC3)c2N)CC1. The van der Waals surface area contributed by atoms with Gasteiger partial charge in [0.05, 0.1) is 0 Å². The van der Waals surface area contributed by atoms with Crippen LogP contribution in [0.15, 0.2) is 24.5 Å². The third-order valence-electron chi connectivity index (χ3n) is 6.16. The Balaban J connectivity index is 1.22. The van der Waals surface area contributed by atoms with Crippen LogP contribution < -0.4 is 25.0 Å². The summed E-state index contributed by atoms with van der Waals surface area (Å²) in [6.07, 6.45) is 1.65. The van der Waals surface area contributed by atoms with E-state index < -0.39 is 0 Å². The first kappa shape index (κ1) is 19.2. The van der Waals surface area contributed by atoms with Crippen molar-refractivity contribution in [2.45, 2.75) is 6.54 Å². The molecule has 2 saturated heterocycles. The van der Waals surface area contributed by atoms with Gasteiger partial charge in [-0.25, -0.2) is 9.97 Å². The number of likely N-dealkylation sites (N-methyl/N-ethyl adjacent to an activating group) is 1. The van der Waals surface area contributed by atoms with E-state index in [0.29, 0.717) is 12.5 Å². The standard InChI is InChI=1S/C21H29N7O2/c1-25-4-8-27(9-5-25)20-19(22)21(24-14-23-20)28-10-6-26(7-11-28)13-16-2-3-17-18(12-16)30-15-29-17/h2-3,12,14H,4-11,13,15,22H2,1H3. The van der Waals surface area contributed by atoms with Gasteiger partial charge in [-0.05, 0) is 24.7 Å². The summed E-state index contributed by atoms with van der Waals surface area (Å²) in [7, 11) is 2.15. The second-order valence-electron chi connectivity index (χ2n) is 8.18. The van der Waals surface area contributed by atoms with Crippen molar-refractivity contribution in [2.24, 2.45) is 0 Å². The number of piperazine rings is 2. The highest BCUT2D eigenvalue weighted by molar-refractivity contribution is 5.76. The topological polar surface area (TPSA) is 83.2 Å². The highest BCUT2D eigenvalue weighted by atomic mass is 16.7. The summed E-state index contributed by atoms with van der Waals surface area (Å²) in [5.74, 6) is 3.41. The van der Waals surface area contributed by atoms with Crippen LogP contribution in [0.2, 0.25) is 0 Å². The van der Waals surface area contributed by atoms with Gasteiger partial charge >= 0.3 is 0 Å². The number of anilines is 3. The molecule has 0 amide bonds. The van der Waals surface area contributed by atoms with Gasteiger partial charge in [0, 0.05) is 58.9 Å². The van der Waals surface area contributed by atoms with Crippen LogP contribution in [-0.2, 0) is 6.54 Å². The van der Waals surface area contributed by atoms with Gasteiger partial charge in [0.15, 0.2) is 23.1 Å². The molecule has 3 aliphatic rings. The lowest BCUT2D eigenvalue weighted by molar-refractivity contribution is 0.174. The Morgan fingerprint density at radius 1 is 0.867 bits per heavy atom. The van der Waals surface area contributed by atoms with Gasteiger partial charge in [-0.15, -0.1) is 0 Å². The number of benzene rings is 1. The molecule has 3 aliphatic heterocycles. The number of nitrogen functional groups attached to an aromatic ring is 1. The van der Waals surface area contributed by atoms with Crippen LogP contribution in [0.1, 0.15) is 5.56 Å². The average Bonchev–Trinajstić information content (AvgIpc) is 3.23. The van der Waals surface area contributed by atoms with Gasteiger partial charge in [-0.2, -0.15) is 0 Å². The number of aromatic nitrogens is 2. The smallest absolute Gasteiger partial charge is 0.231 e. The highest BCUT2D eigenvalue weighted by Gasteiger charge is 2.24. The van der Waals surface area contributed by atoms with Crippen molar-refractivity contribution in [3.8, 4) is 11.5 Å². The van der Waals surface area contributed by atoms with Gasteiger partial charge in [0.2, 0.25) is 6.79 Å². The molecule has 2 aromatic rings. The summed E-state index contributed by atoms with van der Waals surface area (Å²) in [6, 6.07) is 6.19. The zero-order valence-corrected chi connectivity index (χ0v) is 17.5. The quantitative estimate of drug-likeness (QED) is 0.788. The molecule has 0 saturated carbocycles. The third-order valence-corrected chi connectivity index (χ3v) is 6.16. The molecule has 0 radical (unpaired) electrons. The van der Waals surface area contributed by atoms with Crippen LogP contribution >= 0.6 is 0 Å². The molecule has 2 N–H and O–H groups in total. The second-order valence-corrected chi connectivity index (χ2v) is 8.18. The number of nitrogens with zero attached hydrogens (tertiary/aromatic N) is 6. The van der Waals surface area contributed by atoms with Crippen LogP contribution in [0.4, 0.5) is 17.3 Å². The minimum Gasteiger partial charge on any atom is -0.454 e. The normalized spacial score (nSPS) is 20.0. The van der Waals surface area contributed by atoms with Gasteiger partial charge in [0.1, 0.15) is 12.0 Å². The molecule has 9 heteroatoms. The van der Waals surface area contributed by atoms with Crippen LogP contribution in [0.25, 0.3) is 0 Å². The predicted molar refractivity (Wildman–Crippen MR) is 116 cm³/mol. The molecule has 2 fully saturated rings. The highest BCUT2D eigenvalue weighted by Crippen LogP contribution is 2.33. The number of hydrogen-bond acceptors (Lipinski definition) is 9. The number of hydrogen-bond donors (Lipinski definition) is 1. The maximum absolute atomic E-state index is 6.53. The maximum atomic E-state index is 6.53. The molecule has 0 spiro atoms. The van der Waals surface area contributed by atoms with E-state index in [1.54, 1.807) is 6.33 Å². The van der Waals surface area contributed by atoms with E-state index >= 15 is 0 Å². The lowest BCUT2D eigenvalue weighted by atomic mass is 10.1. The Kier molecular flexibility index (Phi) is 5.22. The number of nitrogens with two attached hydrogens (primary N) is 1. The van der Waals surface area contributed by atoms with E-state index in [2.05, 4.69) is 48.7 Å². The van der Waals surface area contributed by atoms with E-state index in [-0.39, 0.29) is 0 Å². The first-order chi connectivity index (χ1) is 14.7. The third kappa shape index (κ3) is 3.82. The lowest BCUT2D eigenvalue weighted by Gasteiger charge is -2.37. The Bertz CT molecular complexity index is 893. The van der Waals surface area contributed by atoms with Crippen molar-refractivity contribution in [3.05, 3.63) is 30.1 Å². The zero-order valence-electron chi connectivity index (χ0n) is 17.5. The lowest BCUT2D eigenvalue weighted by Crippen LogP contribution is -2.47. The summed E-state index contributed by atoms with van der Waals surface area (Å²) in [6.45, 7) is 8.87. The Labute approximate surface area is 177 Å². The zero-order chi connectivity index (χ0) is 20.5. The van der Waals surface area contributed by atoms with E-state index in [4.69, 9.17) is 15.2 Å². The summed E-state index contributed by atoms with van der Waals surface area (Å²) >= 11 is 0. The summed E-state index contributed by atoms with van der Waals surface area (Å²) in [5, 5.41) is 0. The van der Waals surface area contributed by atoms with Crippen LogP contribution in [0, 0.1) is 0 Å². The van der Waals surface area contributed by atoms with Crippen LogP contribution in [0.5, 0.6) is 11.5 Å². The molecule has 0 aliphatic carbocycles. The van der Waals surface area contributed by atoms with Crippen molar-refractivity contribution in [2.75, 3.05) is 81.7 Å². The molecule has 0 bridgehead atoms. The Morgan fingerprint density at radius 3 is 2.20 bits per heavy atom. The molecule has 1 aromatic carbocycles. The van der Waals surface area contributed by atoms with Crippen molar-refractivity contribution < 1.29 is 9.47 Å². The molecule has 30 heavy (non-hydrogen) atoms. The number of rotatable bonds is 4. The van der Waals surface area contributed by atoms with Crippen molar-refractivity contribution in [1.82, 2.24) is 19.8 Å². The van der Waals surface area contributed by atoms with Crippen molar-refractivity contribution >= 4 is 17.3 Å². The Hall–Kier alpha value is -2.78. The monoisotopic (exact) mass is 411 g/mol. The first-order valence-corrected chi connectivity index (χ1v) is 10.6. The van der Waals surface area contributed by atoms with Crippen LogP contribution in [-0.4, -0.2) is 86.0 Å². The molecular formula is C21H29N7O2. The molecule has 4 heterocycles. The molecule has 1 aromatic heterocycles. The van der Waals surface area contributed by atoms with E-state index in [0.717, 1.165) is 82.0 Å².